The minimum absolute atomic E-state index is 0.0453. The first-order valence-electron chi connectivity index (χ1n) is 14.2. The van der Waals surface area contributed by atoms with Crippen LogP contribution < -0.4 is 5.32 Å². The summed E-state index contributed by atoms with van der Waals surface area (Å²) in [4.78, 5) is 25.0. The van der Waals surface area contributed by atoms with Crippen molar-refractivity contribution in [2.75, 3.05) is 13.7 Å². The number of unbranched alkanes of at least 4 members (excludes halogenated alkanes) is 1. The van der Waals surface area contributed by atoms with Crippen LogP contribution in [-0.2, 0) is 28.5 Å². The van der Waals surface area contributed by atoms with Crippen molar-refractivity contribution in [1.82, 2.24) is 5.32 Å². The molecule has 7 heteroatoms. The number of ether oxygens (including phenoxy) is 4. The van der Waals surface area contributed by atoms with E-state index in [0.717, 1.165) is 64.4 Å². The molecule has 6 atom stereocenters. The van der Waals surface area contributed by atoms with Gasteiger partial charge in [0, 0.05) is 26.0 Å². The highest BCUT2D eigenvalue weighted by atomic mass is 16.6. The molecule has 2 aliphatic carbocycles. The van der Waals surface area contributed by atoms with Gasteiger partial charge in [-0.15, -0.1) is 0 Å². The number of allylic oxidation sites excluding steroid dienone is 1. The third-order valence-corrected chi connectivity index (χ3v) is 8.94. The summed E-state index contributed by atoms with van der Waals surface area (Å²) in [6.45, 7) is 9.20. The molecule has 2 saturated carbocycles. The normalized spacial score (nSPS) is 39.4. The van der Waals surface area contributed by atoms with Crippen LogP contribution >= 0.6 is 0 Å². The number of methoxy groups -OCH3 is 1. The molecule has 4 fully saturated rings. The maximum absolute atomic E-state index is 13.0. The van der Waals surface area contributed by atoms with Crippen LogP contribution in [0.15, 0.2) is 11.6 Å². The molecule has 0 aromatic heterocycles. The molecule has 4 unspecified atom stereocenters. The van der Waals surface area contributed by atoms with Crippen molar-refractivity contribution in [2.24, 2.45) is 11.8 Å². The molecule has 0 radical (unpaired) electrons. The molecule has 1 amide bonds. The average molecular weight is 506 g/mol. The molecule has 4 rings (SSSR count). The van der Waals surface area contributed by atoms with Gasteiger partial charge in [-0.05, 0) is 78.1 Å². The Labute approximate surface area is 217 Å². The molecule has 4 aliphatic rings. The fourth-order valence-electron chi connectivity index (χ4n) is 6.67. The van der Waals surface area contributed by atoms with Crippen molar-refractivity contribution in [2.45, 2.75) is 134 Å². The molecule has 1 spiro atoms. The number of hydrogen-bond acceptors (Lipinski definition) is 6. The van der Waals surface area contributed by atoms with Crippen LogP contribution in [0.1, 0.15) is 98.3 Å². The predicted molar refractivity (Wildman–Crippen MR) is 137 cm³/mol. The summed E-state index contributed by atoms with van der Waals surface area (Å²) < 4.78 is 24.4. The van der Waals surface area contributed by atoms with Crippen LogP contribution in [-0.4, -0.2) is 61.1 Å². The minimum Gasteiger partial charge on any atom is -0.460 e. The quantitative estimate of drug-likeness (QED) is 0.245. The Hall–Kier alpha value is -1.44. The zero-order valence-corrected chi connectivity index (χ0v) is 23.0. The Bertz CT molecular complexity index is 811. The van der Waals surface area contributed by atoms with E-state index in [4.69, 9.17) is 18.9 Å². The van der Waals surface area contributed by atoms with Crippen LogP contribution in [0.2, 0.25) is 0 Å². The van der Waals surface area contributed by atoms with Gasteiger partial charge >= 0.3 is 5.97 Å². The van der Waals surface area contributed by atoms with Crippen molar-refractivity contribution in [3.63, 3.8) is 0 Å². The number of esters is 1. The van der Waals surface area contributed by atoms with Crippen LogP contribution in [0.3, 0.4) is 0 Å². The van der Waals surface area contributed by atoms with Crippen molar-refractivity contribution >= 4 is 11.9 Å². The molecule has 0 aromatic carbocycles. The van der Waals surface area contributed by atoms with E-state index in [1.807, 2.05) is 0 Å². The highest BCUT2D eigenvalue weighted by molar-refractivity contribution is 5.76. The number of rotatable bonds is 11. The number of carbonyl (C=O) groups is 2. The van der Waals surface area contributed by atoms with E-state index >= 15 is 0 Å². The lowest BCUT2D eigenvalue weighted by Gasteiger charge is -2.42. The van der Waals surface area contributed by atoms with Crippen LogP contribution in [0.4, 0.5) is 0 Å². The molecule has 0 bridgehead atoms. The zero-order valence-electron chi connectivity index (χ0n) is 23.0. The van der Waals surface area contributed by atoms with Gasteiger partial charge in [0.2, 0.25) is 5.91 Å². The smallest absolute Gasteiger partial charge is 0.306 e. The fourth-order valence-corrected chi connectivity index (χ4v) is 6.67. The van der Waals surface area contributed by atoms with Gasteiger partial charge in [0.05, 0.1) is 18.6 Å². The summed E-state index contributed by atoms with van der Waals surface area (Å²) in [5.74, 6) is 0.388. The Balaban J connectivity index is 1.28. The highest BCUT2D eigenvalue weighted by Gasteiger charge is 2.72. The van der Waals surface area contributed by atoms with Crippen molar-refractivity contribution in [3.8, 4) is 0 Å². The Kier molecular flexibility index (Phi) is 8.83. The largest absolute Gasteiger partial charge is 0.460 e. The third-order valence-electron chi connectivity index (χ3n) is 8.94. The van der Waals surface area contributed by atoms with Crippen LogP contribution in [0, 0.1) is 11.8 Å². The maximum atomic E-state index is 13.0. The lowest BCUT2D eigenvalue weighted by molar-refractivity contribution is -0.173. The summed E-state index contributed by atoms with van der Waals surface area (Å²) >= 11 is 0. The molecular formula is C29H47NO6. The zero-order chi connectivity index (χ0) is 25.9. The molecule has 2 heterocycles. The van der Waals surface area contributed by atoms with Gasteiger partial charge in [0.1, 0.15) is 23.4 Å². The van der Waals surface area contributed by atoms with Crippen molar-refractivity contribution in [1.29, 1.82) is 0 Å². The molecule has 2 saturated heterocycles. The number of hydrogen-bond donors (Lipinski definition) is 1. The number of epoxide rings is 2. The second kappa shape index (κ2) is 11.5. The van der Waals surface area contributed by atoms with E-state index in [1.165, 1.54) is 5.57 Å². The first-order valence-corrected chi connectivity index (χ1v) is 14.2. The van der Waals surface area contributed by atoms with E-state index in [9.17, 15) is 9.59 Å². The molecule has 2 aliphatic heterocycles. The number of amides is 1. The lowest BCUT2D eigenvalue weighted by atomic mass is 9.68. The number of nitrogens with one attached hydrogen (secondary N) is 1. The SMILES string of the molecule is CCCCC(=O)NC1CCC(CC(=O)OC2CC[C@]3(CO3)C(C3(C)O[C@@H]3CC=C(C)C)C2OC)CC1. The second-order valence-electron chi connectivity index (χ2n) is 12.0. The Morgan fingerprint density at radius 1 is 1.14 bits per heavy atom. The lowest BCUT2D eigenvalue weighted by Crippen LogP contribution is -2.55. The first-order chi connectivity index (χ1) is 17.2. The first kappa shape index (κ1) is 27.6. The molecular weight excluding hydrogens is 458 g/mol. The van der Waals surface area contributed by atoms with Gasteiger partial charge in [-0.3, -0.25) is 9.59 Å². The fraction of sp³-hybridized carbons (Fsp3) is 0.862. The van der Waals surface area contributed by atoms with Gasteiger partial charge < -0.3 is 24.3 Å². The Morgan fingerprint density at radius 2 is 1.86 bits per heavy atom. The number of carbonyl (C=O) groups excluding carboxylic acids is 2. The van der Waals surface area contributed by atoms with Gasteiger partial charge in [-0.1, -0.05) is 25.0 Å². The summed E-state index contributed by atoms with van der Waals surface area (Å²) in [6, 6.07) is 0.243. The average Bonchev–Trinajstić information content (AvgIpc) is 3.75. The Morgan fingerprint density at radius 3 is 2.47 bits per heavy atom. The molecule has 0 aromatic rings. The molecule has 36 heavy (non-hydrogen) atoms. The van der Waals surface area contributed by atoms with E-state index < -0.39 is 0 Å². The minimum atomic E-state index is -0.325. The van der Waals surface area contributed by atoms with Gasteiger partial charge in [-0.25, -0.2) is 0 Å². The summed E-state index contributed by atoms with van der Waals surface area (Å²) in [5.41, 5.74) is 0.753. The third kappa shape index (κ3) is 6.33. The topological polar surface area (TPSA) is 89.7 Å². The van der Waals surface area contributed by atoms with Gasteiger partial charge in [0.15, 0.2) is 0 Å². The van der Waals surface area contributed by atoms with E-state index in [1.54, 1.807) is 7.11 Å². The van der Waals surface area contributed by atoms with E-state index in [0.29, 0.717) is 18.8 Å². The standard InChI is InChI=1S/C29H47NO6/c1-6-7-8-24(31)30-21-12-10-20(11-13-21)17-25(32)35-22-15-16-29(18-34-29)27(26(22)33-5)28(4)23(36-28)14-9-19(2)3/h9,20-23,26-27H,6-8,10-18H2,1-5H3,(H,30,31)/t20?,21?,22?,23-,26?,27?,28?,29+/m1/s1. The molecule has 204 valence electrons. The monoisotopic (exact) mass is 505 g/mol. The second-order valence-corrected chi connectivity index (χ2v) is 12.0. The predicted octanol–water partition coefficient (Wildman–Crippen LogP) is 4.86. The van der Waals surface area contributed by atoms with E-state index in [-0.39, 0.29) is 53.4 Å². The summed E-state index contributed by atoms with van der Waals surface area (Å²) in [7, 11) is 1.72. The van der Waals surface area contributed by atoms with Crippen LogP contribution in [0.5, 0.6) is 0 Å². The van der Waals surface area contributed by atoms with Gasteiger partial charge in [-0.2, -0.15) is 0 Å². The molecule has 1 N–H and O–H groups in total. The maximum Gasteiger partial charge on any atom is 0.306 e. The summed E-state index contributed by atoms with van der Waals surface area (Å²) in [5, 5.41) is 3.16. The van der Waals surface area contributed by atoms with Gasteiger partial charge in [0.25, 0.3) is 0 Å². The highest BCUT2D eigenvalue weighted by Crippen LogP contribution is 2.59. The van der Waals surface area contributed by atoms with Crippen LogP contribution in [0.25, 0.3) is 0 Å². The molecule has 7 nitrogen and oxygen atoms in total. The van der Waals surface area contributed by atoms with Crippen molar-refractivity contribution < 1.29 is 28.5 Å². The van der Waals surface area contributed by atoms with E-state index in [2.05, 4.69) is 39.1 Å². The summed E-state index contributed by atoms with van der Waals surface area (Å²) in [6.07, 6.45) is 11.1. The van der Waals surface area contributed by atoms with Crippen molar-refractivity contribution in [3.05, 3.63) is 11.6 Å².